The van der Waals surface area contributed by atoms with Crippen molar-refractivity contribution in [1.29, 1.82) is 0 Å². The quantitative estimate of drug-likeness (QED) is 0.243. The molecule has 5 heteroatoms. The van der Waals surface area contributed by atoms with Gasteiger partial charge in [-0.25, -0.2) is 0 Å². The number of para-hydroxylation sites is 2. The fourth-order valence-corrected chi connectivity index (χ4v) is 4.37. The summed E-state index contributed by atoms with van der Waals surface area (Å²) >= 11 is 1.05. The van der Waals surface area contributed by atoms with Crippen molar-refractivity contribution < 1.29 is 14.4 Å². The zero-order valence-electron chi connectivity index (χ0n) is 16.9. The molecule has 0 fully saturated rings. The molecule has 0 aliphatic rings. The van der Waals surface area contributed by atoms with E-state index in [9.17, 15) is 9.90 Å². The van der Waals surface area contributed by atoms with Crippen molar-refractivity contribution in [3.8, 4) is 39.0 Å². The van der Waals surface area contributed by atoms with Gasteiger partial charge in [-0.05, 0) is 35.5 Å². The molecule has 4 nitrogen and oxygen atoms in total. The van der Waals surface area contributed by atoms with Gasteiger partial charge < -0.3 is 9.84 Å². The second-order valence-electron chi connectivity index (χ2n) is 6.83. The third-order valence-electron chi connectivity index (χ3n) is 4.79. The van der Waals surface area contributed by atoms with Crippen LogP contribution in [0.2, 0.25) is 0 Å². The number of rotatable bonds is 7. The monoisotopic (exact) mass is 427 g/mol. The number of ether oxygens (including phenoxy) is 1. The first-order valence-electron chi connectivity index (χ1n) is 9.95. The first kappa shape index (κ1) is 20.6. The Bertz CT molecular complexity index is 1250. The molecule has 0 aliphatic heterocycles. The zero-order chi connectivity index (χ0) is 21.6. The van der Waals surface area contributed by atoms with Gasteiger partial charge in [0, 0.05) is 12.1 Å². The second kappa shape index (κ2) is 9.41. The fraction of sp³-hybridized carbons (Fsp3) is 0.0769. The first-order valence-corrected chi connectivity index (χ1v) is 10.8. The predicted octanol–water partition coefficient (Wildman–Crippen LogP) is 4.75. The molecule has 4 aromatic rings. The summed E-state index contributed by atoms with van der Waals surface area (Å²) in [5.41, 5.74) is 2.18. The van der Waals surface area contributed by atoms with E-state index in [0.717, 1.165) is 11.3 Å². The smallest absolute Gasteiger partial charge is 0.281 e. The van der Waals surface area contributed by atoms with Gasteiger partial charge in [0.2, 0.25) is 5.69 Å². The lowest BCUT2D eigenvalue weighted by atomic mass is 10.1. The van der Waals surface area contributed by atoms with Crippen molar-refractivity contribution in [3.63, 3.8) is 0 Å². The highest BCUT2D eigenvalue weighted by molar-refractivity contribution is 7.12. The molecule has 0 saturated carbocycles. The summed E-state index contributed by atoms with van der Waals surface area (Å²) in [5.74, 6) is 0.272. The molecule has 31 heavy (non-hydrogen) atoms. The SMILES string of the molecule is C=CCCOc1ccccc1-c1sc(=O)c(-c2ccccc2)c([O-])[n+]1-c1ccccc1. The second-order valence-corrected chi connectivity index (χ2v) is 7.80. The van der Waals surface area contributed by atoms with E-state index in [1.165, 1.54) is 0 Å². The normalized spacial score (nSPS) is 10.6. The van der Waals surface area contributed by atoms with Gasteiger partial charge in [0.1, 0.15) is 11.3 Å². The largest absolute Gasteiger partial charge is 0.822 e. The topological polar surface area (TPSA) is 53.2 Å². The zero-order valence-corrected chi connectivity index (χ0v) is 17.7. The number of benzene rings is 3. The Morgan fingerprint density at radius 1 is 0.935 bits per heavy atom. The summed E-state index contributed by atoms with van der Waals surface area (Å²) in [5, 5.41) is 14.2. The summed E-state index contributed by atoms with van der Waals surface area (Å²) in [6.45, 7) is 4.19. The Labute approximate surface area is 185 Å². The predicted molar refractivity (Wildman–Crippen MR) is 123 cm³/mol. The van der Waals surface area contributed by atoms with E-state index in [1.807, 2.05) is 72.8 Å². The Hall–Kier alpha value is -3.70. The average Bonchev–Trinajstić information content (AvgIpc) is 2.80. The third-order valence-corrected chi connectivity index (χ3v) is 5.77. The van der Waals surface area contributed by atoms with Crippen molar-refractivity contribution >= 4 is 11.3 Å². The molecule has 0 unspecified atom stereocenters. The van der Waals surface area contributed by atoms with Gasteiger partial charge >= 0.3 is 0 Å². The van der Waals surface area contributed by atoms with Gasteiger partial charge in [-0.1, -0.05) is 66.7 Å². The lowest BCUT2D eigenvalue weighted by molar-refractivity contribution is -0.638. The van der Waals surface area contributed by atoms with Crippen LogP contribution in [-0.4, -0.2) is 6.61 Å². The van der Waals surface area contributed by atoms with E-state index in [4.69, 9.17) is 4.74 Å². The molecule has 0 N–H and O–H groups in total. The molecule has 0 aliphatic carbocycles. The molecule has 0 radical (unpaired) electrons. The molecule has 0 amide bonds. The average molecular weight is 428 g/mol. The van der Waals surface area contributed by atoms with Crippen LogP contribution in [0.1, 0.15) is 6.42 Å². The van der Waals surface area contributed by atoms with Crippen LogP contribution in [0.25, 0.3) is 27.4 Å². The minimum atomic E-state index is -0.350. The Kier molecular flexibility index (Phi) is 6.24. The minimum absolute atomic E-state index is 0.170. The van der Waals surface area contributed by atoms with E-state index in [-0.39, 0.29) is 16.2 Å². The molecule has 154 valence electrons. The number of nitrogens with zero attached hydrogens (tertiary/aromatic N) is 1. The van der Waals surface area contributed by atoms with E-state index >= 15 is 0 Å². The van der Waals surface area contributed by atoms with E-state index < -0.39 is 0 Å². The van der Waals surface area contributed by atoms with E-state index in [0.29, 0.717) is 40.6 Å². The molecule has 0 bridgehead atoms. The highest BCUT2D eigenvalue weighted by atomic mass is 32.1. The minimum Gasteiger partial charge on any atom is -0.822 e. The Balaban J connectivity index is 1.98. The van der Waals surface area contributed by atoms with Crippen molar-refractivity contribution in [3.05, 3.63) is 107 Å². The number of hydrogen-bond donors (Lipinski definition) is 0. The highest BCUT2D eigenvalue weighted by Gasteiger charge is 2.26. The van der Waals surface area contributed by atoms with Crippen LogP contribution in [0, 0.1) is 0 Å². The molecule has 0 spiro atoms. The molecule has 4 rings (SSSR count). The van der Waals surface area contributed by atoms with Gasteiger partial charge in [-0.15, -0.1) is 6.58 Å². The van der Waals surface area contributed by atoms with Crippen LogP contribution in [-0.2, 0) is 0 Å². The number of aromatic nitrogens is 1. The summed E-state index contributed by atoms with van der Waals surface area (Å²) < 4.78 is 7.26. The van der Waals surface area contributed by atoms with E-state index in [1.54, 1.807) is 22.8 Å². The fourth-order valence-electron chi connectivity index (χ4n) is 3.33. The number of hydrogen-bond acceptors (Lipinski definition) is 4. The van der Waals surface area contributed by atoms with Crippen LogP contribution in [0.3, 0.4) is 0 Å². The van der Waals surface area contributed by atoms with Gasteiger partial charge in [0.05, 0.1) is 12.2 Å². The van der Waals surface area contributed by atoms with Crippen LogP contribution in [0.15, 0.2) is 102 Å². The molecule has 0 saturated heterocycles. The van der Waals surface area contributed by atoms with Crippen molar-refractivity contribution in [2.24, 2.45) is 0 Å². The standard InChI is InChI=1S/C26H21NO3S/c1-2-3-18-30-22-17-11-10-16-21(22)25-27(20-14-8-5-9-15-20)24(28)23(26(29)31-25)19-12-6-4-7-13-19/h2,4-17H,1,3,18H2. The molecule has 1 heterocycles. The lowest BCUT2D eigenvalue weighted by Crippen LogP contribution is -2.39. The van der Waals surface area contributed by atoms with Crippen molar-refractivity contribution in [1.82, 2.24) is 0 Å². The maximum atomic E-state index is 13.7. The van der Waals surface area contributed by atoms with Crippen molar-refractivity contribution in [2.45, 2.75) is 6.42 Å². The summed E-state index contributed by atoms with van der Waals surface area (Å²) in [6, 6.07) is 25.9. The van der Waals surface area contributed by atoms with Crippen LogP contribution >= 0.6 is 11.3 Å². The van der Waals surface area contributed by atoms with Gasteiger partial charge in [0.15, 0.2) is 5.88 Å². The molecule has 0 atom stereocenters. The van der Waals surface area contributed by atoms with E-state index in [2.05, 4.69) is 6.58 Å². The molecule has 3 aromatic carbocycles. The van der Waals surface area contributed by atoms with Crippen LogP contribution in [0.5, 0.6) is 11.6 Å². The molecular weight excluding hydrogens is 406 g/mol. The highest BCUT2D eigenvalue weighted by Crippen LogP contribution is 2.33. The molecular formula is C26H21NO3S. The van der Waals surface area contributed by atoms with Crippen LogP contribution < -0.4 is 19.2 Å². The Morgan fingerprint density at radius 2 is 1.58 bits per heavy atom. The van der Waals surface area contributed by atoms with Crippen molar-refractivity contribution in [2.75, 3.05) is 6.61 Å². The first-order chi connectivity index (χ1) is 15.2. The maximum Gasteiger partial charge on any atom is 0.281 e. The van der Waals surface area contributed by atoms with Gasteiger partial charge in [-0.3, -0.25) is 4.79 Å². The third kappa shape index (κ3) is 4.27. The summed E-state index contributed by atoms with van der Waals surface area (Å²) in [7, 11) is 0. The van der Waals surface area contributed by atoms with Gasteiger partial charge in [-0.2, -0.15) is 4.57 Å². The maximum absolute atomic E-state index is 13.7. The Morgan fingerprint density at radius 3 is 2.29 bits per heavy atom. The lowest BCUT2D eigenvalue weighted by Gasteiger charge is -2.16. The molecule has 1 aromatic heterocycles. The summed E-state index contributed by atoms with van der Waals surface area (Å²) in [4.78, 5) is 13.1. The van der Waals surface area contributed by atoms with Gasteiger partial charge in [0.25, 0.3) is 9.75 Å². The van der Waals surface area contributed by atoms with Crippen LogP contribution in [0.4, 0.5) is 0 Å². The summed E-state index contributed by atoms with van der Waals surface area (Å²) in [6.07, 6.45) is 2.48.